The standard InChI is InChI=1S/C21H25BrN2O4S/c22-19-3-1-2-18(14-19)15-29(26,27)16-21(25)23-20-6-4-17(5-7-20)8-9-24-10-12-28-13-11-24/h1-7,14H,8-13,15-16H2,(H,23,25). The third kappa shape index (κ3) is 7.54. The third-order valence-corrected chi connectivity index (χ3v) is 6.65. The third-order valence-electron chi connectivity index (χ3n) is 4.68. The van der Waals surface area contributed by atoms with E-state index in [9.17, 15) is 13.2 Å². The average Bonchev–Trinajstić information content (AvgIpc) is 2.67. The van der Waals surface area contributed by atoms with Gasteiger partial charge in [-0.3, -0.25) is 9.69 Å². The number of carbonyl (C=O) groups excluding carboxylic acids is 1. The molecule has 1 heterocycles. The Morgan fingerprint density at radius 1 is 1.07 bits per heavy atom. The lowest BCUT2D eigenvalue weighted by atomic mass is 10.1. The Labute approximate surface area is 180 Å². The number of morpholine rings is 1. The summed E-state index contributed by atoms with van der Waals surface area (Å²) in [6.07, 6.45) is 0.926. The van der Waals surface area contributed by atoms with E-state index in [-0.39, 0.29) is 5.75 Å². The maximum Gasteiger partial charge on any atom is 0.239 e. The highest BCUT2D eigenvalue weighted by atomic mass is 79.9. The second-order valence-corrected chi connectivity index (χ2v) is 10.1. The van der Waals surface area contributed by atoms with Crippen molar-refractivity contribution in [3.05, 3.63) is 64.1 Å². The van der Waals surface area contributed by atoms with Crippen LogP contribution in [0.5, 0.6) is 0 Å². The van der Waals surface area contributed by atoms with E-state index >= 15 is 0 Å². The topological polar surface area (TPSA) is 75.7 Å². The highest BCUT2D eigenvalue weighted by molar-refractivity contribution is 9.10. The molecule has 0 saturated carbocycles. The molecule has 1 N–H and O–H groups in total. The molecule has 3 rings (SSSR count). The summed E-state index contributed by atoms with van der Waals surface area (Å²) in [5, 5.41) is 2.67. The summed E-state index contributed by atoms with van der Waals surface area (Å²) in [6, 6.07) is 14.6. The minimum Gasteiger partial charge on any atom is -0.379 e. The first-order chi connectivity index (χ1) is 13.9. The van der Waals surface area contributed by atoms with Crippen LogP contribution >= 0.6 is 15.9 Å². The zero-order chi connectivity index (χ0) is 20.7. The number of rotatable bonds is 8. The van der Waals surface area contributed by atoms with Crippen molar-refractivity contribution < 1.29 is 17.9 Å². The van der Waals surface area contributed by atoms with Crippen molar-refractivity contribution in [3.8, 4) is 0 Å². The van der Waals surface area contributed by atoms with E-state index in [1.165, 1.54) is 5.56 Å². The number of hydrogen-bond donors (Lipinski definition) is 1. The van der Waals surface area contributed by atoms with Crippen molar-refractivity contribution >= 4 is 37.4 Å². The normalized spacial score (nSPS) is 15.2. The lowest BCUT2D eigenvalue weighted by molar-refractivity contribution is -0.113. The lowest BCUT2D eigenvalue weighted by Crippen LogP contribution is -2.37. The Bertz CT molecular complexity index is 926. The van der Waals surface area contributed by atoms with Crippen LogP contribution in [0.1, 0.15) is 11.1 Å². The minimum atomic E-state index is -3.55. The van der Waals surface area contributed by atoms with E-state index in [1.54, 1.807) is 18.2 Å². The van der Waals surface area contributed by atoms with Gasteiger partial charge in [-0.2, -0.15) is 0 Å². The van der Waals surface area contributed by atoms with Gasteiger partial charge in [0.05, 0.1) is 19.0 Å². The molecule has 0 spiro atoms. The van der Waals surface area contributed by atoms with Crippen LogP contribution in [0.15, 0.2) is 53.0 Å². The van der Waals surface area contributed by atoms with E-state index in [1.807, 2.05) is 30.3 Å². The lowest BCUT2D eigenvalue weighted by Gasteiger charge is -2.26. The zero-order valence-electron chi connectivity index (χ0n) is 16.1. The molecule has 8 heteroatoms. The molecular formula is C21H25BrN2O4S. The first kappa shape index (κ1) is 22.0. The van der Waals surface area contributed by atoms with Crippen LogP contribution in [0, 0.1) is 0 Å². The molecule has 0 atom stereocenters. The molecule has 6 nitrogen and oxygen atoms in total. The molecule has 0 unspecified atom stereocenters. The van der Waals surface area contributed by atoms with Gasteiger partial charge in [0.1, 0.15) is 5.75 Å². The average molecular weight is 481 g/mol. The summed E-state index contributed by atoms with van der Waals surface area (Å²) >= 11 is 3.32. The SMILES string of the molecule is O=C(CS(=O)(=O)Cc1cccc(Br)c1)Nc1ccc(CCN2CCOCC2)cc1. The summed E-state index contributed by atoms with van der Waals surface area (Å²) in [6.45, 7) is 4.47. The van der Waals surface area contributed by atoms with Crippen LogP contribution in [-0.2, 0) is 31.5 Å². The van der Waals surface area contributed by atoms with Crippen LogP contribution in [0.2, 0.25) is 0 Å². The van der Waals surface area contributed by atoms with Gasteiger partial charge in [0.15, 0.2) is 9.84 Å². The highest BCUT2D eigenvalue weighted by Crippen LogP contribution is 2.15. The maximum absolute atomic E-state index is 12.3. The fourth-order valence-electron chi connectivity index (χ4n) is 3.20. The Kier molecular flexibility index (Phi) is 7.83. The Morgan fingerprint density at radius 2 is 1.79 bits per heavy atom. The van der Waals surface area contributed by atoms with Crippen molar-refractivity contribution in [3.63, 3.8) is 0 Å². The van der Waals surface area contributed by atoms with Crippen molar-refractivity contribution in [2.75, 3.05) is 43.9 Å². The Balaban J connectivity index is 1.48. The van der Waals surface area contributed by atoms with Gasteiger partial charge >= 0.3 is 0 Å². The molecule has 1 aliphatic heterocycles. The summed E-state index contributed by atoms with van der Waals surface area (Å²) in [5.41, 5.74) is 2.43. The fraction of sp³-hybridized carbons (Fsp3) is 0.381. The molecule has 1 aliphatic rings. The maximum atomic E-state index is 12.3. The summed E-state index contributed by atoms with van der Waals surface area (Å²) in [4.78, 5) is 14.6. The van der Waals surface area contributed by atoms with Gasteiger partial charge in [0, 0.05) is 29.8 Å². The molecule has 0 bridgehead atoms. The smallest absolute Gasteiger partial charge is 0.239 e. The molecular weight excluding hydrogens is 456 g/mol. The molecule has 0 aromatic heterocycles. The second-order valence-electron chi connectivity index (χ2n) is 7.11. The summed E-state index contributed by atoms with van der Waals surface area (Å²) in [5.74, 6) is -1.24. The van der Waals surface area contributed by atoms with E-state index in [0.29, 0.717) is 11.3 Å². The molecule has 1 amide bonds. The van der Waals surface area contributed by atoms with Crippen molar-refractivity contribution in [1.82, 2.24) is 4.90 Å². The Morgan fingerprint density at radius 3 is 2.48 bits per heavy atom. The van der Waals surface area contributed by atoms with Gasteiger partial charge in [0.2, 0.25) is 5.91 Å². The van der Waals surface area contributed by atoms with Gasteiger partial charge in [0.25, 0.3) is 0 Å². The predicted molar refractivity (Wildman–Crippen MR) is 118 cm³/mol. The fourth-order valence-corrected chi connectivity index (χ4v) is 4.90. The van der Waals surface area contributed by atoms with Gasteiger partial charge in [-0.25, -0.2) is 8.42 Å². The molecule has 1 fully saturated rings. The van der Waals surface area contributed by atoms with Gasteiger partial charge in [-0.05, 0) is 41.8 Å². The van der Waals surface area contributed by atoms with Crippen molar-refractivity contribution in [2.24, 2.45) is 0 Å². The largest absolute Gasteiger partial charge is 0.379 e. The van der Waals surface area contributed by atoms with Crippen LogP contribution < -0.4 is 5.32 Å². The van der Waals surface area contributed by atoms with E-state index in [0.717, 1.165) is 43.7 Å². The van der Waals surface area contributed by atoms with Crippen LogP contribution in [-0.4, -0.2) is 57.8 Å². The summed E-state index contributed by atoms with van der Waals surface area (Å²) in [7, 11) is -3.55. The number of carbonyl (C=O) groups is 1. The number of nitrogens with zero attached hydrogens (tertiary/aromatic N) is 1. The zero-order valence-corrected chi connectivity index (χ0v) is 18.5. The van der Waals surface area contributed by atoms with E-state index in [4.69, 9.17) is 4.74 Å². The predicted octanol–water partition coefficient (Wildman–Crippen LogP) is 2.88. The number of anilines is 1. The summed E-state index contributed by atoms with van der Waals surface area (Å²) < 4.78 is 30.8. The van der Waals surface area contributed by atoms with Gasteiger partial charge in [-0.1, -0.05) is 40.2 Å². The number of ether oxygens (including phenoxy) is 1. The molecule has 1 saturated heterocycles. The Hall–Kier alpha value is -1.74. The molecule has 0 radical (unpaired) electrons. The number of sulfone groups is 1. The quantitative estimate of drug-likeness (QED) is 0.628. The number of benzene rings is 2. The number of hydrogen-bond acceptors (Lipinski definition) is 5. The molecule has 156 valence electrons. The van der Waals surface area contributed by atoms with Crippen LogP contribution in [0.25, 0.3) is 0 Å². The van der Waals surface area contributed by atoms with E-state index in [2.05, 4.69) is 26.1 Å². The number of halogens is 1. The molecule has 0 aliphatic carbocycles. The second kappa shape index (κ2) is 10.3. The number of amides is 1. The van der Waals surface area contributed by atoms with Crippen molar-refractivity contribution in [1.29, 1.82) is 0 Å². The molecule has 2 aromatic rings. The molecule has 29 heavy (non-hydrogen) atoms. The van der Waals surface area contributed by atoms with Crippen LogP contribution in [0.3, 0.4) is 0 Å². The first-order valence-electron chi connectivity index (χ1n) is 9.53. The van der Waals surface area contributed by atoms with Crippen LogP contribution in [0.4, 0.5) is 5.69 Å². The van der Waals surface area contributed by atoms with Gasteiger partial charge in [-0.15, -0.1) is 0 Å². The highest BCUT2D eigenvalue weighted by Gasteiger charge is 2.18. The van der Waals surface area contributed by atoms with Crippen molar-refractivity contribution in [2.45, 2.75) is 12.2 Å². The van der Waals surface area contributed by atoms with E-state index < -0.39 is 21.5 Å². The minimum absolute atomic E-state index is 0.166. The number of nitrogens with one attached hydrogen (secondary N) is 1. The monoisotopic (exact) mass is 480 g/mol. The molecule has 2 aromatic carbocycles. The van der Waals surface area contributed by atoms with Gasteiger partial charge < -0.3 is 10.1 Å². The first-order valence-corrected chi connectivity index (χ1v) is 12.1.